The van der Waals surface area contributed by atoms with Crippen LogP contribution in [0, 0.1) is 17.8 Å². The smallest absolute Gasteiger partial charge is 0.257 e. The monoisotopic (exact) mass is 526 g/mol. The van der Waals surface area contributed by atoms with E-state index in [0.717, 1.165) is 24.3 Å². The van der Waals surface area contributed by atoms with Crippen LogP contribution in [0.2, 0.25) is 0 Å². The van der Waals surface area contributed by atoms with Gasteiger partial charge in [-0.1, -0.05) is 105 Å². The molecular weight excluding hydrogens is 480 g/mol. The van der Waals surface area contributed by atoms with Crippen molar-refractivity contribution in [1.82, 2.24) is 9.80 Å². The van der Waals surface area contributed by atoms with Gasteiger partial charge in [0.1, 0.15) is 5.75 Å². The van der Waals surface area contributed by atoms with Crippen LogP contribution in [-0.4, -0.2) is 41.5 Å². The summed E-state index contributed by atoms with van der Waals surface area (Å²) in [4.78, 5) is 17.9. The number of hydrogen-bond acceptors (Lipinski definition) is 3. The number of phenols is 1. The molecule has 0 heterocycles. The van der Waals surface area contributed by atoms with E-state index in [1.54, 1.807) is 18.2 Å². The summed E-state index contributed by atoms with van der Waals surface area (Å²) >= 11 is 0. The predicted molar refractivity (Wildman–Crippen MR) is 161 cm³/mol. The fourth-order valence-electron chi connectivity index (χ4n) is 6.49. The molecule has 0 radical (unpaired) electrons. The molecule has 3 aromatic rings. The van der Waals surface area contributed by atoms with Gasteiger partial charge in [-0.05, 0) is 74.4 Å². The van der Waals surface area contributed by atoms with Crippen molar-refractivity contribution in [2.75, 3.05) is 20.6 Å². The molecule has 0 spiro atoms. The van der Waals surface area contributed by atoms with Crippen LogP contribution >= 0.6 is 0 Å². The van der Waals surface area contributed by atoms with Crippen LogP contribution in [0.1, 0.15) is 79.4 Å². The number of benzene rings is 3. The number of carbonyl (C=O) groups is 1. The molecule has 39 heavy (non-hydrogen) atoms. The molecule has 1 aliphatic rings. The Morgan fingerprint density at radius 2 is 1.49 bits per heavy atom. The van der Waals surface area contributed by atoms with Crippen molar-refractivity contribution < 1.29 is 9.90 Å². The van der Waals surface area contributed by atoms with Crippen LogP contribution in [0.3, 0.4) is 0 Å². The molecule has 4 heteroatoms. The molecule has 2 atom stereocenters. The number of hydrogen-bond donors (Lipinski definition) is 1. The summed E-state index contributed by atoms with van der Waals surface area (Å²) in [5.41, 5.74) is 2.93. The van der Waals surface area contributed by atoms with Gasteiger partial charge in [-0.15, -0.1) is 0 Å². The van der Waals surface area contributed by atoms with Crippen LogP contribution in [0.25, 0.3) is 0 Å². The zero-order valence-electron chi connectivity index (χ0n) is 24.0. The summed E-state index contributed by atoms with van der Waals surface area (Å²) in [6.45, 7) is 3.51. The molecule has 1 amide bonds. The molecule has 1 saturated carbocycles. The van der Waals surface area contributed by atoms with Crippen molar-refractivity contribution >= 4 is 5.91 Å². The Kier molecular flexibility index (Phi) is 10.6. The summed E-state index contributed by atoms with van der Waals surface area (Å²) in [7, 11) is 4.43. The van der Waals surface area contributed by atoms with Crippen molar-refractivity contribution in [3.63, 3.8) is 0 Å². The number of carbonyl (C=O) groups excluding carboxylic acids is 1. The van der Waals surface area contributed by atoms with E-state index in [9.17, 15) is 9.90 Å². The Hall–Kier alpha value is -3.11. The van der Waals surface area contributed by atoms with Gasteiger partial charge >= 0.3 is 0 Å². The van der Waals surface area contributed by atoms with Crippen molar-refractivity contribution in [2.24, 2.45) is 17.8 Å². The minimum Gasteiger partial charge on any atom is -0.507 e. The van der Waals surface area contributed by atoms with E-state index in [1.807, 2.05) is 29.2 Å². The van der Waals surface area contributed by atoms with Crippen molar-refractivity contribution in [3.8, 4) is 5.75 Å². The van der Waals surface area contributed by atoms with Gasteiger partial charge in [0.2, 0.25) is 0 Å². The molecule has 0 bridgehead atoms. The fourth-order valence-corrected chi connectivity index (χ4v) is 6.49. The topological polar surface area (TPSA) is 43.8 Å². The van der Waals surface area contributed by atoms with Crippen molar-refractivity contribution in [2.45, 2.75) is 64.5 Å². The van der Waals surface area contributed by atoms with Gasteiger partial charge in [-0.25, -0.2) is 0 Å². The first-order chi connectivity index (χ1) is 19.0. The van der Waals surface area contributed by atoms with Gasteiger partial charge in [-0.2, -0.15) is 0 Å². The lowest BCUT2D eigenvalue weighted by molar-refractivity contribution is 0.0701. The minimum atomic E-state index is -0.0912. The van der Waals surface area contributed by atoms with E-state index in [-0.39, 0.29) is 11.7 Å². The lowest BCUT2D eigenvalue weighted by Gasteiger charge is -2.38. The third kappa shape index (κ3) is 7.95. The van der Waals surface area contributed by atoms with Gasteiger partial charge in [0.15, 0.2) is 0 Å². The Labute approximate surface area is 235 Å². The maximum Gasteiger partial charge on any atom is 0.257 e. The molecular formula is C35H46N2O2. The zero-order chi connectivity index (χ0) is 27.6. The largest absolute Gasteiger partial charge is 0.507 e. The van der Waals surface area contributed by atoms with Gasteiger partial charge < -0.3 is 14.9 Å². The number of para-hydroxylation sites is 1. The number of rotatable bonds is 12. The summed E-state index contributed by atoms with van der Waals surface area (Å²) in [6, 6.07) is 28.6. The Morgan fingerprint density at radius 1 is 0.872 bits per heavy atom. The third-order valence-corrected chi connectivity index (χ3v) is 8.71. The SMILES string of the molecule is CCC(CCC1CCC(C(c2ccccc2)N(C)C)CC1)CN(Cc1ccccc1)C(=O)c1ccccc1O. The summed E-state index contributed by atoms with van der Waals surface area (Å²) in [6.07, 6.45) is 8.57. The third-order valence-electron chi connectivity index (χ3n) is 8.71. The maximum absolute atomic E-state index is 13.6. The summed E-state index contributed by atoms with van der Waals surface area (Å²) < 4.78 is 0. The number of amides is 1. The highest BCUT2D eigenvalue weighted by Gasteiger charge is 2.30. The maximum atomic E-state index is 13.6. The van der Waals surface area contributed by atoms with Gasteiger partial charge in [-0.3, -0.25) is 4.79 Å². The second-order valence-electron chi connectivity index (χ2n) is 11.6. The number of nitrogens with zero attached hydrogens (tertiary/aromatic N) is 2. The van der Waals surface area contributed by atoms with Gasteiger partial charge in [0, 0.05) is 19.1 Å². The molecule has 0 aliphatic heterocycles. The lowest BCUT2D eigenvalue weighted by atomic mass is 9.74. The minimum absolute atomic E-state index is 0.0527. The number of aromatic hydroxyl groups is 1. The van der Waals surface area contributed by atoms with E-state index in [0.29, 0.717) is 36.5 Å². The van der Waals surface area contributed by atoms with Gasteiger partial charge in [0.25, 0.3) is 5.91 Å². The highest BCUT2D eigenvalue weighted by Crippen LogP contribution is 2.41. The molecule has 4 rings (SSSR count). The highest BCUT2D eigenvalue weighted by molar-refractivity contribution is 5.96. The quantitative estimate of drug-likeness (QED) is 0.260. The van der Waals surface area contributed by atoms with Crippen LogP contribution in [0.15, 0.2) is 84.9 Å². The average Bonchev–Trinajstić information content (AvgIpc) is 2.96. The normalized spacial score (nSPS) is 19.0. The molecule has 0 saturated heterocycles. The molecule has 2 unspecified atom stereocenters. The zero-order valence-corrected chi connectivity index (χ0v) is 24.0. The van der Waals surface area contributed by atoms with Gasteiger partial charge in [0.05, 0.1) is 5.56 Å². The first kappa shape index (κ1) is 28.9. The summed E-state index contributed by atoms with van der Waals surface area (Å²) in [5, 5.41) is 10.4. The molecule has 4 nitrogen and oxygen atoms in total. The van der Waals surface area contributed by atoms with E-state index >= 15 is 0 Å². The van der Waals surface area contributed by atoms with Crippen LogP contribution in [0.5, 0.6) is 5.75 Å². The first-order valence-corrected chi connectivity index (χ1v) is 14.8. The van der Waals surface area contributed by atoms with Crippen molar-refractivity contribution in [1.29, 1.82) is 0 Å². The molecule has 1 N–H and O–H groups in total. The first-order valence-electron chi connectivity index (χ1n) is 14.8. The van der Waals surface area contributed by atoms with E-state index in [4.69, 9.17) is 0 Å². The standard InChI is InChI=1S/C35H46N2O2/c1-4-27(19-20-28-21-23-31(24-22-28)34(36(2)3)30-15-9-6-10-16-30)25-37(26-29-13-7-5-8-14-29)35(39)32-17-11-12-18-33(32)38/h5-18,27-28,31,34,38H,4,19-26H2,1-3H3. The fraction of sp³-hybridized carbons (Fsp3) is 0.457. The second-order valence-corrected chi connectivity index (χ2v) is 11.6. The Balaban J connectivity index is 1.36. The van der Waals surface area contributed by atoms with Crippen LogP contribution < -0.4 is 0 Å². The summed E-state index contributed by atoms with van der Waals surface area (Å²) in [5.74, 6) is 1.88. The number of phenolic OH excluding ortho intramolecular Hbond substituents is 1. The predicted octanol–water partition coefficient (Wildman–Crippen LogP) is 7.95. The van der Waals surface area contributed by atoms with Crippen LogP contribution in [0.4, 0.5) is 0 Å². The molecule has 1 aliphatic carbocycles. The molecule has 3 aromatic carbocycles. The van der Waals surface area contributed by atoms with E-state index < -0.39 is 0 Å². The lowest BCUT2D eigenvalue weighted by Crippen LogP contribution is -2.35. The highest BCUT2D eigenvalue weighted by atomic mass is 16.3. The van der Waals surface area contributed by atoms with E-state index in [2.05, 4.69) is 68.4 Å². The molecule has 208 valence electrons. The average molecular weight is 527 g/mol. The Morgan fingerprint density at radius 3 is 2.10 bits per heavy atom. The Bertz CT molecular complexity index is 1140. The molecule has 0 aromatic heterocycles. The second kappa shape index (κ2) is 14.3. The van der Waals surface area contributed by atoms with Crippen LogP contribution in [-0.2, 0) is 6.54 Å². The molecule has 1 fully saturated rings. The van der Waals surface area contributed by atoms with E-state index in [1.165, 1.54) is 37.7 Å². The van der Waals surface area contributed by atoms with Crippen molar-refractivity contribution in [3.05, 3.63) is 102 Å².